The molecule has 0 aliphatic carbocycles. The molecule has 0 amide bonds. The van der Waals surface area contributed by atoms with E-state index >= 15 is 0 Å². The lowest BCUT2D eigenvalue weighted by Gasteiger charge is -1.92. The van der Waals surface area contributed by atoms with Crippen LogP contribution in [-0.2, 0) is 13.1 Å². The van der Waals surface area contributed by atoms with Crippen LogP contribution in [-0.4, -0.2) is 35.1 Å². The van der Waals surface area contributed by atoms with Crippen molar-refractivity contribution in [2.45, 2.75) is 13.1 Å². The van der Waals surface area contributed by atoms with Gasteiger partial charge in [-0.25, -0.2) is 9.67 Å². The molecule has 9 heteroatoms. The van der Waals surface area contributed by atoms with Crippen molar-refractivity contribution in [3.05, 3.63) is 36.4 Å². The molecule has 0 bridgehead atoms. The third-order valence-electron chi connectivity index (χ3n) is 2.35. The molecule has 0 saturated heterocycles. The summed E-state index contributed by atoms with van der Waals surface area (Å²) in [4.78, 5) is 12.2. The van der Waals surface area contributed by atoms with Crippen LogP contribution in [0.25, 0.3) is 11.5 Å². The van der Waals surface area contributed by atoms with Gasteiger partial charge in [0.1, 0.15) is 12.2 Å². The quantitative estimate of drug-likeness (QED) is 0.672. The summed E-state index contributed by atoms with van der Waals surface area (Å²) in [7, 11) is 0. The van der Waals surface area contributed by atoms with Gasteiger partial charge >= 0.3 is 0 Å². The Hall–Kier alpha value is -2.68. The summed E-state index contributed by atoms with van der Waals surface area (Å²) < 4.78 is 6.70. The zero-order chi connectivity index (χ0) is 13.1. The third-order valence-corrected chi connectivity index (χ3v) is 2.35. The van der Waals surface area contributed by atoms with E-state index in [0.29, 0.717) is 36.2 Å². The van der Waals surface area contributed by atoms with Gasteiger partial charge in [0, 0.05) is 18.9 Å². The van der Waals surface area contributed by atoms with Gasteiger partial charge in [0.25, 0.3) is 0 Å². The van der Waals surface area contributed by atoms with Gasteiger partial charge in [-0.1, -0.05) is 10.4 Å². The van der Waals surface area contributed by atoms with E-state index in [1.165, 1.54) is 0 Å². The summed E-state index contributed by atoms with van der Waals surface area (Å²) in [5, 5.41) is 11.6. The van der Waals surface area contributed by atoms with Gasteiger partial charge < -0.3 is 10.3 Å². The highest BCUT2D eigenvalue weighted by Gasteiger charge is 2.11. The molecule has 0 fully saturated rings. The van der Waals surface area contributed by atoms with Crippen molar-refractivity contribution in [2.24, 2.45) is 5.73 Å². The van der Waals surface area contributed by atoms with E-state index in [2.05, 4.69) is 30.4 Å². The van der Waals surface area contributed by atoms with E-state index < -0.39 is 0 Å². The lowest BCUT2D eigenvalue weighted by molar-refractivity contribution is 0.364. The van der Waals surface area contributed by atoms with Gasteiger partial charge in [-0.05, 0) is 0 Å². The number of rotatable bonds is 4. The third kappa shape index (κ3) is 2.45. The van der Waals surface area contributed by atoms with Crippen molar-refractivity contribution in [3.8, 4) is 11.5 Å². The number of hydrogen-bond donors (Lipinski definition) is 1. The largest absolute Gasteiger partial charge is 0.337 e. The zero-order valence-electron chi connectivity index (χ0n) is 9.84. The number of nitrogens with zero attached hydrogens (tertiary/aromatic N) is 7. The van der Waals surface area contributed by atoms with Gasteiger partial charge in [0.2, 0.25) is 11.7 Å². The van der Waals surface area contributed by atoms with Gasteiger partial charge in [-0.2, -0.15) is 4.98 Å². The Morgan fingerprint density at radius 2 is 2.26 bits per heavy atom. The summed E-state index contributed by atoms with van der Waals surface area (Å²) in [6.07, 6.45) is 6.44. The molecule has 3 rings (SSSR count). The molecule has 0 radical (unpaired) electrons. The Bertz CT molecular complexity index is 661. The van der Waals surface area contributed by atoms with E-state index in [9.17, 15) is 0 Å². The Morgan fingerprint density at radius 1 is 1.32 bits per heavy atom. The van der Waals surface area contributed by atoms with Crippen LogP contribution in [0.2, 0.25) is 0 Å². The second-order valence-electron chi connectivity index (χ2n) is 3.71. The van der Waals surface area contributed by atoms with E-state index in [4.69, 9.17) is 10.3 Å². The van der Waals surface area contributed by atoms with Crippen LogP contribution in [0, 0.1) is 0 Å². The van der Waals surface area contributed by atoms with Crippen molar-refractivity contribution in [2.75, 3.05) is 0 Å². The van der Waals surface area contributed by atoms with Crippen LogP contribution in [0.5, 0.6) is 0 Å². The summed E-state index contributed by atoms with van der Waals surface area (Å²) in [6, 6.07) is 0. The molecular formula is C10H10N8O. The van der Waals surface area contributed by atoms with E-state index in [1.54, 1.807) is 29.5 Å². The molecule has 0 unspecified atom stereocenters. The van der Waals surface area contributed by atoms with Crippen molar-refractivity contribution in [1.82, 2.24) is 35.1 Å². The monoisotopic (exact) mass is 258 g/mol. The fourth-order valence-corrected chi connectivity index (χ4v) is 1.49. The molecule has 0 aliphatic heterocycles. The van der Waals surface area contributed by atoms with Crippen LogP contribution in [0.15, 0.2) is 29.3 Å². The van der Waals surface area contributed by atoms with E-state index in [0.717, 1.165) is 0 Å². The molecule has 9 nitrogen and oxygen atoms in total. The van der Waals surface area contributed by atoms with Gasteiger partial charge in [0.05, 0.1) is 18.1 Å². The predicted octanol–water partition coefficient (Wildman–Crippen LogP) is -0.375. The Labute approximate surface area is 107 Å². The number of aromatic nitrogens is 7. The highest BCUT2D eigenvalue weighted by atomic mass is 16.5. The Kier molecular flexibility index (Phi) is 2.94. The van der Waals surface area contributed by atoms with E-state index in [-0.39, 0.29) is 0 Å². The SMILES string of the molecule is NCc1cn(Cc2nc(-c3cnccn3)no2)nn1. The molecule has 0 aliphatic rings. The minimum Gasteiger partial charge on any atom is -0.337 e. The van der Waals surface area contributed by atoms with Crippen LogP contribution < -0.4 is 5.73 Å². The molecule has 0 atom stereocenters. The molecular weight excluding hydrogens is 248 g/mol. The number of nitrogens with two attached hydrogens (primary N) is 1. The predicted molar refractivity (Wildman–Crippen MR) is 62.3 cm³/mol. The standard InChI is InChI=1S/C10H10N8O/c11-3-7-5-18(17-15-7)6-9-14-10(16-19-9)8-4-12-1-2-13-8/h1-2,4-5H,3,6,11H2. The second kappa shape index (κ2) is 4.90. The molecule has 96 valence electrons. The average molecular weight is 258 g/mol. The first-order chi connectivity index (χ1) is 9.35. The fraction of sp³-hybridized carbons (Fsp3) is 0.200. The molecule has 0 spiro atoms. The molecule has 0 aromatic carbocycles. The number of hydrogen-bond acceptors (Lipinski definition) is 8. The van der Waals surface area contributed by atoms with Crippen LogP contribution in [0.1, 0.15) is 11.6 Å². The van der Waals surface area contributed by atoms with Crippen molar-refractivity contribution >= 4 is 0 Å². The van der Waals surface area contributed by atoms with Gasteiger partial charge in [0.15, 0.2) is 0 Å². The molecule has 0 saturated carbocycles. The highest BCUT2D eigenvalue weighted by Crippen LogP contribution is 2.11. The molecule has 3 aromatic rings. The first-order valence-corrected chi connectivity index (χ1v) is 5.53. The second-order valence-corrected chi connectivity index (χ2v) is 3.71. The maximum atomic E-state index is 5.45. The van der Waals surface area contributed by atoms with Crippen molar-refractivity contribution in [1.29, 1.82) is 0 Å². The summed E-state index contributed by atoms with van der Waals surface area (Å²) in [5.41, 5.74) is 6.71. The van der Waals surface area contributed by atoms with Crippen molar-refractivity contribution < 1.29 is 4.52 Å². The molecule has 19 heavy (non-hydrogen) atoms. The maximum absolute atomic E-state index is 5.45. The normalized spacial score (nSPS) is 10.8. The average Bonchev–Trinajstić information content (AvgIpc) is 3.09. The fourth-order valence-electron chi connectivity index (χ4n) is 1.49. The lowest BCUT2D eigenvalue weighted by Crippen LogP contribution is -2.01. The van der Waals surface area contributed by atoms with Crippen LogP contribution >= 0.6 is 0 Å². The van der Waals surface area contributed by atoms with Crippen LogP contribution in [0.3, 0.4) is 0 Å². The van der Waals surface area contributed by atoms with Crippen molar-refractivity contribution in [3.63, 3.8) is 0 Å². The molecule has 2 N–H and O–H groups in total. The lowest BCUT2D eigenvalue weighted by atomic mass is 10.4. The topological polar surface area (TPSA) is 121 Å². The first kappa shape index (κ1) is 11.4. The first-order valence-electron chi connectivity index (χ1n) is 5.53. The van der Waals surface area contributed by atoms with E-state index in [1.807, 2.05) is 0 Å². The summed E-state index contributed by atoms with van der Waals surface area (Å²) in [6.45, 7) is 0.676. The Balaban J connectivity index is 1.78. The van der Waals surface area contributed by atoms with Gasteiger partial charge in [-0.3, -0.25) is 4.98 Å². The highest BCUT2D eigenvalue weighted by molar-refractivity contribution is 5.45. The summed E-state index contributed by atoms with van der Waals surface area (Å²) >= 11 is 0. The zero-order valence-corrected chi connectivity index (χ0v) is 9.84. The van der Waals surface area contributed by atoms with Gasteiger partial charge in [-0.15, -0.1) is 5.10 Å². The maximum Gasteiger partial charge on any atom is 0.248 e. The Morgan fingerprint density at radius 3 is 3.00 bits per heavy atom. The minimum absolute atomic E-state index is 0.334. The molecule has 3 heterocycles. The smallest absolute Gasteiger partial charge is 0.248 e. The van der Waals surface area contributed by atoms with Crippen LogP contribution in [0.4, 0.5) is 0 Å². The molecule has 3 aromatic heterocycles. The summed E-state index contributed by atoms with van der Waals surface area (Å²) in [5.74, 6) is 0.802. The minimum atomic E-state index is 0.334.